The van der Waals surface area contributed by atoms with E-state index in [0.29, 0.717) is 23.8 Å². The number of nitrogens with zero attached hydrogens (tertiary/aromatic N) is 4. The van der Waals surface area contributed by atoms with Crippen molar-refractivity contribution in [2.75, 3.05) is 26.3 Å². The summed E-state index contributed by atoms with van der Waals surface area (Å²) in [4.78, 5) is 22.1. The summed E-state index contributed by atoms with van der Waals surface area (Å²) in [7, 11) is 0. The Balaban J connectivity index is 1.26. The Morgan fingerprint density at radius 3 is 2.69 bits per heavy atom. The third kappa shape index (κ3) is 3.82. The summed E-state index contributed by atoms with van der Waals surface area (Å²) in [5, 5.41) is 4.69. The molecule has 1 aromatic carbocycles. The van der Waals surface area contributed by atoms with Gasteiger partial charge in [0.15, 0.2) is 5.52 Å². The number of H-pyrrole nitrogens is 1. The van der Waals surface area contributed by atoms with Crippen LogP contribution < -0.4 is 5.56 Å². The van der Waals surface area contributed by atoms with Gasteiger partial charge in [0, 0.05) is 32.2 Å². The highest BCUT2D eigenvalue weighted by molar-refractivity contribution is 5.42. The largest absolute Gasteiger partial charge is 0.381 e. The lowest BCUT2D eigenvalue weighted by molar-refractivity contribution is 0.0828. The molecule has 1 N–H and O–H groups in total. The first-order valence-corrected chi connectivity index (χ1v) is 10.2. The van der Waals surface area contributed by atoms with E-state index < -0.39 is 0 Å². The van der Waals surface area contributed by atoms with E-state index in [1.54, 1.807) is 10.7 Å². The SMILES string of the molecule is O=c1[nH]c(CN2CC(Cc3ccc(F)cc3)C2)nn2c(C3CCOCC3)ncc12. The number of rotatable bonds is 5. The third-order valence-corrected chi connectivity index (χ3v) is 5.91. The molecule has 2 aliphatic rings. The molecule has 0 atom stereocenters. The van der Waals surface area contributed by atoms with E-state index in [2.05, 4.69) is 20.0 Å². The summed E-state index contributed by atoms with van der Waals surface area (Å²) < 4.78 is 20.2. The highest BCUT2D eigenvalue weighted by Crippen LogP contribution is 2.26. The highest BCUT2D eigenvalue weighted by atomic mass is 19.1. The molecule has 0 aliphatic carbocycles. The molecule has 0 radical (unpaired) electrons. The Hall–Kier alpha value is -2.58. The lowest BCUT2D eigenvalue weighted by atomic mass is 9.92. The standard InChI is InChI=1S/C21H24FN5O2/c22-17-3-1-14(2-4-17)9-15-11-26(12-15)13-19-24-21(28)18-10-23-20(27(18)25-19)16-5-7-29-8-6-16/h1-4,10,15-16H,5-9,11-13H2,(H,24,25,28). The molecule has 3 aromatic rings. The summed E-state index contributed by atoms with van der Waals surface area (Å²) >= 11 is 0. The summed E-state index contributed by atoms with van der Waals surface area (Å²) in [5.74, 6) is 2.14. The second-order valence-electron chi connectivity index (χ2n) is 8.09. The molecule has 7 nitrogen and oxygen atoms in total. The molecule has 5 rings (SSSR count). The Bertz CT molecular complexity index is 1050. The molecule has 2 aliphatic heterocycles. The van der Waals surface area contributed by atoms with Gasteiger partial charge in [-0.25, -0.2) is 13.9 Å². The molecule has 2 fully saturated rings. The number of benzene rings is 1. The van der Waals surface area contributed by atoms with Gasteiger partial charge in [0.25, 0.3) is 5.56 Å². The van der Waals surface area contributed by atoms with E-state index >= 15 is 0 Å². The molecular weight excluding hydrogens is 373 g/mol. The Labute approximate surface area is 167 Å². The van der Waals surface area contributed by atoms with Gasteiger partial charge in [-0.1, -0.05) is 12.1 Å². The van der Waals surface area contributed by atoms with Gasteiger partial charge in [-0.2, -0.15) is 5.10 Å². The third-order valence-electron chi connectivity index (χ3n) is 5.91. The van der Waals surface area contributed by atoms with Crippen molar-refractivity contribution in [1.29, 1.82) is 0 Å². The van der Waals surface area contributed by atoms with Gasteiger partial charge < -0.3 is 9.72 Å². The zero-order valence-corrected chi connectivity index (χ0v) is 16.2. The second kappa shape index (κ2) is 7.68. The van der Waals surface area contributed by atoms with Crippen LogP contribution in [0.1, 0.15) is 36.0 Å². The Morgan fingerprint density at radius 2 is 1.93 bits per heavy atom. The number of aromatic amines is 1. The second-order valence-corrected chi connectivity index (χ2v) is 8.09. The van der Waals surface area contributed by atoms with E-state index in [4.69, 9.17) is 4.74 Å². The topological polar surface area (TPSA) is 75.5 Å². The fourth-order valence-electron chi connectivity index (χ4n) is 4.37. The van der Waals surface area contributed by atoms with Gasteiger partial charge in [-0.3, -0.25) is 9.69 Å². The molecule has 4 heterocycles. The van der Waals surface area contributed by atoms with Crippen LogP contribution in [0.5, 0.6) is 0 Å². The number of nitrogens with one attached hydrogen (secondary N) is 1. The summed E-state index contributed by atoms with van der Waals surface area (Å²) in [6, 6.07) is 6.72. The van der Waals surface area contributed by atoms with E-state index in [0.717, 1.165) is 57.0 Å². The van der Waals surface area contributed by atoms with E-state index in [9.17, 15) is 9.18 Å². The number of hydrogen-bond acceptors (Lipinski definition) is 5. The predicted octanol–water partition coefficient (Wildman–Crippen LogP) is 2.13. The predicted molar refractivity (Wildman–Crippen MR) is 105 cm³/mol. The normalized spacial score (nSPS) is 18.9. The van der Waals surface area contributed by atoms with E-state index in [1.807, 2.05) is 12.1 Å². The van der Waals surface area contributed by atoms with Gasteiger partial charge in [0.2, 0.25) is 0 Å². The van der Waals surface area contributed by atoms with Crippen LogP contribution in [0.4, 0.5) is 4.39 Å². The number of aromatic nitrogens is 4. The fourth-order valence-corrected chi connectivity index (χ4v) is 4.37. The molecule has 8 heteroatoms. The molecule has 0 bridgehead atoms. The van der Waals surface area contributed by atoms with Gasteiger partial charge in [0.1, 0.15) is 17.5 Å². The first kappa shape index (κ1) is 18.4. The van der Waals surface area contributed by atoms with Crippen molar-refractivity contribution in [2.45, 2.75) is 31.7 Å². The molecule has 0 saturated carbocycles. The van der Waals surface area contributed by atoms with Crippen molar-refractivity contribution in [3.05, 3.63) is 63.8 Å². The van der Waals surface area contributed by atoms with Crippen LogP contribution >= 0.6 is 0 Å². The first-order valence-electron chi connectivity index (χ1n) is 10.2. The zero-order chi connectivity index (χ0) is 19.8. The van der Waals surface area contributed by atoms with E-state index in [-0.39, 0.29) is 17.3 Å². The van der Waals surface area contributed by atoms with Crippen LogP contribution in [-0.4, -0.2) is 50.8 Å². The maximum atomic E-state index is 13.0. The Morgan fingerprint density at radius 1 is 1.17 bits per heavy atom. The lowest BCUT2D eigenvalue weighted by Crippen LogP contribution is -2.47. The lowest BCUT2D eigenvalue weighted by Gasteiger charge is -2.39. The minimum atomic E-state index is -0.200. The molecular formula is C21H24FN5O2. The van der Waals surface area contributed by atoms with Crippen LogP contribution in [-0.2, 0) is 17.7 Å². The highest BCUT2D eigenvalue weighted by Gasteiger charge is 2.28. The minimum absolute atomic E-state index is 0.149. The van der Waals surface area contributed by atoms with Crippen LogP contribution in [0, 0.1) is 11.7 Å². The summed E-state index contributed by atoms with van der Waals surface area (Å²) in [5.41, 5.74) is 1.50. The monoisotopic (exact) mass is 397 g/mol. The van der Waals surface area contributed by atoms with Crippen molar-refractivity contribution < 1.29 is 9.13 Å². The average Bonchev–Trinajstić information content (AvgIpc) is 3.13. The molecule has 0 amide bonds. The fraction of sp³-hybridized carbons (Fsp3) is 0.476. The van der Waals surface area contributed by atoms with Gasteiger partial charge >= 0.3 is 0 Å². The maximum Gasteiger partial charge on any atom is 0.276 e. The van der Waals surface area contributed by atoms with E-state index in [1.165, 1.54) is 12.1 Å². The number of fused-ring (bicyclic) bond motifs is 1. The number of ether oxygens (including phenoxy) is 1. The van der Waals surface area contributed by atoms with Crippen LogP contribution in [0.25, 0.3) is 5.52 Å². The smallest absolute Gasteiger partial charge is 0.276 e. The zero-order valence-electron chi connectivity index (χ0n) is 16.2. The van der Waals surface area contributed by atoms with Crippen molar-refractivity contribution >= 4 is 5.52 Å². The van der Waals surface area contributed by atoms with Crippen molar-refractivity contribution in [2.24, 2.45) is 5.92 Å². The summed E-state index contributed by atoms with van der Waals surface area (Å²) in [6.45, 7) is 3.93. The van der Waals surface area contributed by atoms with Gasteiger partial charge in [-0.15, -0.1) is 0 Å². The number of likely N-dealkylation sites (tertiary alicyclic amines) is 1. The molecule has 0 spiro atoms. The number of hydrogen-bond donors (Lipinski definition) is 1. The molecule has 29 heavy (non-hydrogen) atoms. The summed E-state index contributed by atoms with van der Waals surface area (Å²) in [6.07, 6.45) is 4.36. The van der Waals surface area contributed by atoms with Crippen LogP contribution in [0.3, 0.4) is 0 Å². The van der Waals surface area contributed by atoms with Gasteiger partial charge in [0.05, 0.1) is 12.7 Å². The molecule has 152 valence electrons. The van der Waals surface area contributed by atoms with Crippen molar-refractivity contribution in [3.63, 3.8) is 0 Å². The number of halogens is 1. The molecule has 2 aromatic heterocycles. The van der Waals surface area contributed by atoms with Crippen molar-refractivity contribution in [3.8, 4) is 0 Å². The molecule has 0 unspecified atom stereocenters. The quantitative estimate of drug-likeness (QED) is 0.714. The van der Waals surface area contributed by atoms with Crippen LogP contribution in [0.15, 0.2) is 35.3 Å². The van der Waals surface area contributed by atoms with Crippen LogP contribution in [0.2, 0.25) is 0 Å². The maximum absolute atomic E-state index is 13.0. The Kier molecular flexibility index (Phi) is 4.89. The minimum Gasteiger partial charge on any atom is -0.381 e. The molecule has 2 saturated heterocycles. The van der Waals surface area contributed by atoms with Crippen molar-refractivity contribution in [1.82, 2.24) is 24.5 Å². The van der Waals surface area contributed by atoms with Gasteiger partial charge in [-0.05, 0) is 42.9 Å². The average molecular weight is 397 g/mol. The number of imidazole rings is 1. The first-order chi connectivity index (χ1) is 14.2.